The number of nitro benzene ring substituents is 1. The van der Waals surface area contributed by atoms with E-state index in [1.165, 1.54) is 24.1 Å². The molecule has 0 unspecified atom stereocenters. The van der Waals surface area contributed by atoms with Crippen LogP contribution in [0.1, 0.15) is 13.8 Å². The number of hydrogen-bond donors (Lipinski definition) is 0. The minimum Gasteiger partial charge on any atom is -0.452 e. The maximum absolute atomic E-state index is 11.8. The Hall–Kier alpha value is -2.37. The zero-order chi connectivity index (χ0) is 14.4. The van der Waals surface area contributed by atoms with Gasteiger partial charge in [-0.1, -0.05) is 23.8 Å². The van der Waals surface area contributed by atoms with Crippen LogP contribution in [0.25, 0.3) is 0 Å². The van der Waals surface area contributed by atoms with Crippen molar-refractivity contribution in [3.63, 3.8) is 0 Å². The Morgan fingerprint density at radius 2 is 2.05 bits per heavy atom. The van der Waals surface area contributed by atoms with Crippen LogP contribution < -0.4 is 4.90 Å². The van der Waals surface area contributed by atoms with E-state index in [2.05, 4.69) is 4.74 Å². The normalized spacial score (nSPS) is 9.63. The molecular weight excluding hydrogens is 248 g/mol. The summed E-state index contributed by atoms with van der Waals surface area (Å²) in [6.07, 6.45) is 1.17. The van der Waals surface area contributed by atoms with E-state index < -0.39 is 11.0 Å². The van der Waals surface area contributed by atoms with Gasteiger partial charge in [0.15, 0.2) is 0 Å². The lowest BCUT2D eigenvalue weighted by molar-refractivity contribution is -0.384. The van der Waals surface area contributed by atoms with Crippen LogP contribution in [0.3, 0.4) is 0 Å². The predicted octanol–water partition coefficient (Wildman–Crippen LogP) is 3.13. The molecule has 1 aromatic carbocycles. The van der Waals surface area contributed by atoms with Gasteiger partial charge in [-0.2, -0.15) is 0 Å². The summed E-state index contributed by atoms with van der Waals surface area (Å²) in [4.78, 5) is 23.4. The Bertz CT molecular complexity index is 507. The van der Waals surface area contributed by atoms with Crippen molar-refractivity contribution in [2.24, 2.45) is 0 Å². The first kappa shape index (κ1) is 14.7. The zero-order valence-electron chi connectivity index (χ0n) is 11.1. The molecular formula is C13H16N2O4. The third-order valence-electron chi connectivity index (χ3n) is 2.45. The number of amides is 1. The van der Waals surface area contributed by atoms with E-state index in [0.29, 0.717) is 0 Å². The summed E-state index contributed by atoms with van der Waals surface area (Å²) in [5.74, 6) is 0. The molecule has 6 nitrogen and oxygen atoms in total. The Balaban J connectivity index is 3.21. The van der Waals surface area contributed by atoms with Crippen molar-refractivity contribution in [3.05, 3.63) is 46.0 Å². The van der Waals surface area contributed by atoms with Gasteiger partial charge in [0.1, 0.15) is 5.69 Å². The molecule has 0 aliphatic rings. The number of anilines is 1. The zero-order valence-corrected chi connectivity index (χ0v) is 11.1. The molecule has 0 N–H and O–H groups in total. The standard InChI is InChI=1S/C13H16N2O4/c1-10(2)8-9-14(13(16)19-3)11-6-4-5-7-12(11)15(17)18/h4-8H,9H2,1-3H3. The van der Waals surface area contributed by atoms with Crippen molar-refractivity contribution in [1.29, 1.82) is 0 Å². The summed E-state index contributed by atoms with van der Waals surface area (Å²) in [7, 11) is 1.24. The summed E-state index contributed by atoms with van der Waals surface area (Å²) in [5, 5.41) is 11.0. The number of carbonyl (C=O) groups excluding carboxylic acids is 1. The number of para-hydroxylation sites is 2. The summed E-state index contributed by atoms with van der Waals surface area (Å²) >= 11 is 0. The number of methoxy groups -OCH3 is 1. The third kappa shape index (κ3) is 3.80. The Kier molecular flexibility index (Phi) is 5.05. The number of hydrogen-bond acceptors (Lipinski definition) is 4. The molecule has 0 saturated carbocycles. The molecule has 1 amide bonds. The molecule has 0 aliphatic heterocycles. The molecule has 6 heteroatoms. The van der Waals surface area contributed by atoms with Crippen LogP contribution in [-0.4, -0.2) is 24.7 Å². The van der Waals surface area contributed by atoms with Gasteiger partial charge in [0, 0.05) is 12.6 Å². The fourth-order valence-corrected chi connectivity index (χ4v) is 1.50. The van der Waals surface area contributed by atoms with Gasteiger partial charge in [0.25, 0.3) is 5.69 Å². The van der Waals surface area contributed by atoms with Crippen LogP contribution in [0.5, 0.6) is 0 Å². The highest BCUT2D eigenvalue weighted by atomic mass is 16.6. The Morgan fingerprint density at radius 1 is 1.42 bits per heavy atom. The van der Waals surface area contributed by atoms with Crippen LogP contribution in [0.4, 0.5) is 16.2 Å². The molecule has 0 fully saturated rings. The lowest BCUT2D eigenvalue weighted by Gasteiger charge is -2.19. The number of rotatable bonds is 4. The second kappa shape index (κ2) is 6.53. The monoisotopic (exact) mass is 264 g/mol. The van der Waals surface area contributed by atoms with Crippen molar-refractivity contribution in [3.8, 4) is 0 Å². The van der Waals surface area contributed by atoms with E-state index in [0.717, 1.165) is 5.57 Å². The fraction of sp³-hybridized carbons (Fsp3) is 0.308. The number of nitro groups is 1. The van der Waals surface area contributed by atoms with E-state index in [4.69, 9.17) is 0 Å². The average molecular weight is 264 g/mol. The molecule has 0 saturated heterocycles. The van der Waals surface area contributed by atoms with Gasteiger partial charge in [-0.05, 0) is 19.9 Å². The third-order valence-corrected chi connectivity index (χ3v) is 2.45. The second-order valence-electron chi connectivity index (χ2n) is 4.11. The number of allylic oxidation sites excluding steroid dienone is 1. The van der Waals surface area contributed by atoms with Crippen molar-refractivity contribution >= 4 is 17.5 Å². The molecule has 0 spiro atoms. The van der Waals surface area contributed by atoms with Gasteiger partial charge in [-0.15, -0.1) is 0 Å². The number of nitrogens with zero attached hydrogens (tertiary/aromatic N) is 2. The quantitative estimate of drug-likeness (QED) is 0.475. The molecule has 19 heavy (non-hydrogen) atoms. The van der Waals surface area contributed by atoms with Crippen LogP contribution in [-0.2, 0) is 4.74 Å². The SMILES string of the molecule is COC(=O)N(CC=C(C)C)c1ccccc1[N+](=O)[O-]. The molecule has 0 radical (unpaired) electrons. The summed E-state index contributed by atoms with van der Waals surface area (Å²) in [6.45, 7) is 3.99. The first-order valence-electron chi connectivity index (χ1n) is 5.69. The van der Waals surface area contributed by atoms with Crippen LogP contribution in [0, 0.1) is 10.1 Å². The highest BCUT2D eigenvalue weighted by Crippen LogP contribution is 2.28. The smallest absolute Gasteiger partial charge is 0.414 e. The van der Waals surface area contributed by atoms with Crippen LogP contribution in [0.2, 0.25) is 0 Å². The molecule has 0 aliphatic carbocycles. The van der Waals surface area contributed by atoms with Gasteiger partial charge in [0.2, 0.25) is 0 Å². The van der Waals surface area contributed by atoms with E-state index in [-0.39, 0.29) is 17.9 Å². The van der Waals surface area contributed by atoms with E-state index in [9.17, 15) is 14.9 Å². The first-order valence-corrected chi connectivity index (χ1v) is 5.69. The highest BCUT2D eigenvalue weighted by Gasteiger charge is 2.23. The van der Waals surface area contributed by atoms with Gasteiger partial charge >= 0.3 is 6.09 Å². The van der Waals surface area contributed by atoms with E-state index in [1.807, 2.05) is 13.8 Å². The van der Waals surface area contributed by atoms with E-state index in [1.54, 1.807) is 18.2 Å². The summed E-state index contributed by atoms with van der Waals surface area (Å²) in [6, 6.07) is 6.07. The first-order chi connectivity index (χ1) is 8.97. The minimum atomic E-state index is -0.633. The van der Waals surface area contributed by atoms with Crippen molar-refractivity contribution in [2.75, 3.05) is 18.6 Å². The molecule has 1 rings (SSSR count). The number of benzene rings is 1. The number of carbonyl (C=O) groups is 1. The van der Waals surface area contributed by atoms with Gasteiger partial charge in [-0.25, -0.2) is 4.79 Å². The van der Waals surface area contributed by atoms with Gasteiger partial charge in [-0.3, -0.25) is 15.0 Å². The molecule has 0 heterocycles. The lowest BCUT2D eigenvalue weighted by Crippen LogP contribution is -2.31. The predicted molar refractivity (Wildman–Crippen MR) is 72.3 cm³/mol. The van der Waals surface area contributed by atoms with Crippen molar-refractivity contribution < 1.29 is 14.5 Å². The fourth-order valence-electron chi connectivity index (χ4n) is 1.50. The van der Waals surface area contributed by atoms with Gasteiger partial charge in [0.05, 0.1) is 12.0 Å². The second-order valence-corrected chi connectivity index (χ2v) is 4.11. The maximum atomic E-state index is 11.8. The highest BCUT2D eigenvalue weighted by molar-refractivity contribution is 5.90. The maximum Gasteiger partial charge on any atom is 0.414 e. The van der Waals surface area contributed by atoms with Crippen LogP contribution >= 0.6 is 0 Å². The average Bonchev–Trinajstić information content (AvgIpc) is 2.38. The number of ether oxygens (including phenoxy) is 1. The molecule has 102 valence electrons. The molecule has 0 aromatic heterocycles. The van der Waals surface area contributed by atoms with E-state index >= 15 is 0 Å². The lowest BCUT2D eigenvalue weighted by atomic mass is 10.2. The van der Waals surface area contributed by atoms with Crippen molar-refractivity contribution in [2.45, 2.75) is 13.8 Å². The van der Waals surface area contributed by atoms with Gasteiger partial charge < -0.3 is 4.74 Å². The minimum absolute atomic E-state index is 0.130. The Labute approximate surface area is 111 Å². The topological polar surface area (TPSA) is 72.7 Å². The van der Waals surface area contributed by atoms with Crippen molar-refractivity contribution in [1.82, 2.24) is 0 Å². The van der Waals surface area contributed by atoms with Crippen LogP contribution in [0.15, 0.2) is 35.9 Å². The molecule has 0 bridgehead atoms. The Morgan fingerprint density at radius 3 is 2.58 bits per heavy atom. The molecule has 1 aromatic rings. The largest absolute Gasteiger partial charge is 0.452 e. The summed E-state index contributed by atoms with van der Waals surface area (Å²) < 4.78 is 4.67. The molecule has 0 atom stereocenters. The summed E-state index contributed by atoms with van der Waals surface area (Å²) in [5.41, 5.74) is 1.10.